The van der Waals surface area contributed by atoms with Gasteiger partial charge in [0.05, 0.1) is 11.0 Å². The molecule has 0 spiro atoms. The second-order valence-corrected chi connectivity index (χ2v) is 10.8. The normalized spacial score (nSPS) is 11.7. The van der Waals surface area contributed by atoms with E-state index in [1.54, 1.807) is 36.4 Å². The van der Waals surface area contributed by atoms with E-state index in [-0.39, 0.29) is 25.0 Å². The maximum atomic E-state index is 13.0. The Kier molecular flexibility index (Phi) is 9.20. The van der Waals surface area contributed by atoms with Crippen LogP contribution in [0.4, 0.5) is 13.2 Å². The highest BCUT2D eigenvalue weighted by molar-refractivity contribution is 6.09. The fourth-order valence-electron chi connectivity index (χ4n) is 4.32. The second-order valence-electron chi connectivity index (χ2n) is 10.8. The zero-order chi connectivity index (χ0) is 30.5. The van der Waals surface area contributed by atoms with Gasteiger partial charge in [0.25, 0.3) is 0 Å². The molecule has 0 amide bonds. The van der Waals surface area contributed by atoms with Gasteiger partial charge in [-0.2, -0.15) is 13.2 Å². The summed E-state index contributed by atoms with van der Waals surface area (Å²) in [7, 11) is 0. The Morgan fingerprint density at radius 2 is 1.26 bits per heavy atom. The van der Waals surface area contributed by atoms with Crippen LogP contribution in [0.25, 0.3) is 22.3 Å². The quantitative estimate of drug-likeness (QED) is 0.108. The molecule has 0 aromatic heterocycles. The molecule has 4 aromatic carbocycles. The summed E-state index contributed by atoms with van der Waals surface area (Å²) < 4.78 is 49.6. The highest BCUT2D eigenvalue weighted by Crippen LogP contribution is 2.33. The SMILES string of the molecule is CCC(C)(C)C(=O)OCCOc1ccc(C(=O)c2ccc(-c3ccc(-c4ccc(C(F)(F)F)cc4)c(C)c3)cc2)cc1. The Labute approximate surface area is 244 Å². The van der Waals surface area contributed by atoms with E-state index < -0.39 is 17.2 Å². The fraction of sp³-hybridized carbons (Fsp3) is 0.257. The number of ether oxygens (including phenoxy) is 2. The lowest BCUT2D eigenvalue weighted by Gasteiger charge is -2.20. The Balaban J connectivity index is 1.36. The number of alkyl halides is 3. The van der Waals surface area contributed by atoms with Gasteiger partial charge in [0.15, 0.2) is 5.78 Å². The smallest absolute Gasteiger partial charge is 0.416 e. The van der Waals surface area contributed by atoms with E-state index in [1.807, 2.05) is 58.0 Å². The van der Waals surface area contributed by atoms with Crippen molar-refractivity contribution in [2.75, 3.05) is 13.2 Å². The maximum absolute atomic E-state index is 13.0. The summed E-state index contributed by atoms with van der Waals surface area (Å²) in [5.74, 6) is 0.186. The van der Waals surface area contributed by atoms with Crippen LogP contribution in [-0.4, -0.2) is 25.0 Å². The molecule has 0 saturated heterocycles. The average molecular weight is 575 g/mol. The van der Waals surface area contributed by atoms with Crippen LogP contribution in [0.1, 0.15) is 54.2 Å². The average Bonchev–Trinajstić information content (AvgIpc) is 2.99. The Morgan fingerprint density at radius 3 is 1.81 bits per heavy atom. The van der Waals surface area contributed by atoms with Gasteiger partial charge in [0, 0.05) is 11.1 Å². The minimum absolute atomic E-state index is 0.127. The number of ketones is 1. The van der Waals surface area contributed by atoms with Crippen LogP contribution < -0.4 is 4.74 Å². The van der Waals surface area contributed by atoms with Crippen LogP contribution in [0.3, 0.4) is 0 Å². The highest BCUT2D eigenvalue weighted by Gasteiger charge is 2.30. The largest absolute Gasteiger partial charge is 0.490 e. The first-order valence-electron chi connectivity index (χ1n) is 13.7. The Bertz CT molecular complexity index is 1540. The number of carbonyl (C=O) groups excluding carboxylic acids is 2. The lowest BCUT2D eigenvalue weighted by molar-refractivity contribution is -0.154. The molecular formula is C35H33F3O4. The zero-order valence-corrected chi connectivity index (χ0v) is 24.0. The maximum Gasteiger partial charge on any atom is 0.416 e. The molecule has 0 saturated carbocycles. The third-order valence-corrected chi connectivity index (χ3v) is 7.37. The first-order chi connectivity index (χ1) is 19.9. The summed E-state index contributed by atoms with van der Waals surface area (Å²) in [4.78, 5) is 25.1. The molecule has 0 aliphatic rings. The number of halogens is 3. The van der Waals surface area contributed by atoms with E-state index in [0.29, 0.717) is 28.9 Å². The number of carbonyl (C=O) groups is 2. The summed E-state index contributed by atoms with van der Waals surface area (Å²) in [6.45, 7) is 7.89. The van der Waals surface area contributed by atoms with E-state index in [0.717, 1.165) is 34.4 Å². The van der Waals surface area contributed by atoms with Gasteiger partial charge >= 0.3 is 12.1 Å². The molecule has 218 valence electrons. The minimum atomic E-state index is -4.37. The van der Waals surface area contributed by atoms with Crippen LogP contribution in [0.5, 0.6) is 5.75 Å². The first-order valence-corrected chi connectivity index (χ1v) is 13.7. The third-order valence-electron chi connectivity index (χ3n) is 7.37. The molecule has 4 aromatic rings. The van der Waals surface area contributed by atoms with E-state index in [2.05, 4.69) is 0 Å². The number of benzene rings is 4. The molecule has 7 heteroatoms. The van der Waals surface area contributed by atoms with Gasteiger partial charge in [0.2, 0.25) is 0 Å². The van der Waals surface area contributed by atoms with Crippen LogP contribution in [0.15, 0.2) is 91.0 Å². The van der Waals surface area contributed by atoms with Crippen molar-refractivity contribution in [1.82, 2.24) is 0 Å². The van der Waals surface area contributed by atoms with Gasteiger partial charge in [-0.3, -0.25) is 9.59 Å². The molecule has 4 nitrogen and oxygen atoms in total. The van der Waals surface area contributed by atoms with Crippen molar-refractivity contribution in [1.29, 1.82) is 0 Å². The van der Waals surface area contributed by atoms with E-state index in [4.69, 9.17) is 9.47 Å². The van der Waals surface area contributed by atoms with E-state index in [9.17, 15) is 22.8 Å². The van der Waals surface area contributed by atoms with Crippen LogP contribution >= 0.6 is 0 Å². The molecule has 0 atom stereocenters. The Hall–Kier alpha value is -4.39. The summed E-state index contributed by atoms with van der Waals surface area (Å²) in [5, 5.41) is 0. The topological polar surface area (TPSA) is 52.6 Å². The lowest BCUT2D eigenvalue weighted by Crippen LogP contribution is -2.27. The van der Waals surface area contributed by atoms with Crippen LogP contribution in [0.2, 0.25) is 0 Å². The van der Waals surface area contributed by atoms with Crippen molar-refractivity contribution < 1.29 is 32.2 Å². The predicted octanol–water partition coefficient (Wildman–Crippen LogP) is 8.94. The van der Waals surface area contributed by atoms with Crippen molar-refractivity contribution in [3.05, 3.63) is 113 Å². The van der Waals surface area contributed by atoms with Gasteiger partial charge in [0.1, 0.15) is 19.0 Å². The molecule has 0 fully saturated rings. The van der Waals surface area contributed by atoms with E-state index >= 15 is 0 Å². The molecule has 0 radical (unpaired) electrons. The second kappa shape index (κ2) is 12.6. The van der Waals surface area contributed by atoms with Gasteiger partial charge < -0.3 is 9.47 Å². The summed E-state index contributed by atoms with van der Waals surface area (Å²) in [6, 6.07) is 25.0. The number of rotatable bonds is 10. The van der Waals surface area contributed by atoms with Crippen molar-refractivity contribution in [3.8, 4) is 28.0 Å². The lowest BCUT2D eigenvalue weighted by atomic mass is 9.91. The monoisotopic (exact) mass is 574 g/mol. The third kappa shape index (κ3) is 7.27. The van der Waals surface area contributed by atoms with Crippen molar-refractivity contribution >= 4 is 11.8 Å². The number of hydrogen-bond acceptors (Lipinski definition) is 4. The predicted molar refractivity (Wildman–Crippen MR) is 157 cm³/mol. The van der Waals surface area contributed by atoms with Crippen LogP contribution in [-0.2, 0) is 15.7 Å². The number of esters is 1. The molecule has 42 heavy (non-hydrogen) atoms. The van der Waals surface area contributed by atoms with Gasteiger partial charge in [-0.25, -0.2) is 0 Å². The highest BCUT2D eigenvalue weighted by atomic mass is 19.4. The molecule has 0 bridgehead atoms. The molecule has 0 aliphatic heterocycles. The van der Waals surface area contributed by atoms with Gasteiger partial charge in [-0.05, 0) is 91.4 Å². The molecule has 0 aliphatic carbocycles. The number of aryl methyl sites for hydroxylation is 1. The molecule has 0 unspecified atom stereocenters. The molecular weight excluding hydrogens is 541 g/mol. The van der Waals surface area contributed by atoms with Gasteiger partial charge in [-0.15, -0.1) is 0 Å². The molecule has 0 N–H and O–H groups in total. The number of hydrogen-bond donors (Lipinski definition) is 0. The summed E-state index contributed by atoms with van der Waals surface area (Å²) in [6.07, 6.45) is -3.68. The van der Waals surface area contributed by atoms with Crippen molar-refractivity contribution in [2.24, 2.45) is 5.41 Å². The van der Waals surface area contributed by atoms with E-state index in [1.165, 1.54) is 12.1 Å². The molecule has 4 rings (SSSR count). The Morgan fingerprint density at radius 1 is 0.714 bits per heavy atom. The zero-order valence-electron chi connectivity index (χ0n) is 24.0. The van der Waals surface area contributed by atoms with Crippen molar-refractivity contribution in [2.45, 2.75) is 40.3 Å². The van der Waals surface area contributed by atoms with Gasteiger partial charge in [-0.1, -0.05) is 61.5 Å². The standard InChI is InChI=1S/C35H33F3O4/c1-5-34(3,4)33(40)42-21-20-41-30-17-12-27(13-18-30)32(39)26-8-6-24(7-9-26)28-14-19-31(23(2)22-28)25-10-15-29(16-11-25)35(36,37)38/h6-19,22H,5,20-21H2,1-4H3. The summed E-state index contributed by atoms with van der Waals surface area (Å²) >= 11 is 0. The minimum Gasteiger partial charge on any atom is -0.490 e. The first kappa shape index (κ1) is 30.6. The fourth-order valence-corrected chi connectivity index (χ4v) is 4.32. The molecule has 0 heterocycles. The van der Waals surface area contributed by atoms with Crippen LogP contribution in [0, 0.1) is 12.3 Å². The van der Waals surface area contributed by atoms with Crippen molar-refractivity contribution in [3.63, 3.8) is 0 Å². The summed E-state index contributed by atoms with van der Waals surface area (Å²) in [5.41, 5.74) is 4.20.